The standard InChI is InChI=1S/C12H8Cl2FNO/c13-9-4-3-8(10(15)6-9)7-17-11-2-1-5-16-12(11)14/h1-6H,7H2. The molecule has 0 bridgehead atoms. The predicted octanol–water partition coefficient (Wildman–Crippen LogP) is 4.11. The van der Waals surface area contributed by atoms with Crippen LogP contribution in [0.1, 0.15) is 5.56 Å². The van der Waals surface area contributed by atoms with Crippen LogP contribution < -0.4 is 4.74 Å². The molecule has 0 unspecified atom stereocenters. The molecule has 1 aromatic carbocycles. The van der Waals surface area contributed by atoms with Gasteiger partial charge in [-0.25, -0.2) is 9.37 Å². The highest BCUT2D eigenvalue weighted by molar-refractivity contribution is 6.31. The van der Waals surface area contributed by atoms with E-state index in [2.05, 4.69) is 4.98 Å². The van der Waals surface area contributed by atoms with E-state index in [0.717, 1.165) is 0 Å². The minimum Gasteiger partial charge on any atom is -0.486 e. The highest BCUT2D eigenvalue weighted by Crippen LogP contribution is 2.22. The van der Waals surface area contributed by atoms with Crippen LogP contribution in [0.2, 0.25) is 10.2 Å². The maximum Gasteiger partial charge on any atom is 0.171 e. The van der Waals surface area contributed by atoms with Gasteiger partial charge in [-0.3, -0.25) is 0 Å². The van der Waals surface area contributed by atoms with Gasteiger partial charge in [-0.05, 0) is 24.3 Å². The van der Waals surface area contributed by atoms with Crippen molar-refractivity contribution in [3.63, 3.8) is 0 Å². The highest BCUT2D eigenvalue weighted by atomic mass is 35.5. The molecule has 1 aromatic heterocycles. The minimum atomic E-state index is -0.405. The number of hydrogen-bond acceptors (Lipinski definition) is 2. The summed E-state index contributed by atoms with van der Waals surface area (Å²) in [6.45, 7) is 0.0778. The number of aromatic nitrogens is 1. The molecule has 0 spiro atoms. The van der Waals surface area contributed by atoms with Crippen LogP contribution in [0.4, 0.5) is 4.39 Å². The number of pyridine rings is 1. The molecule has 0 saturated carbocycles. The third-order valence-corrected chi connectivity index (χ3v) is 2.64. The molecule has 1 heterocycles. The van der Waals surface area contributed by atoms with E-state index < -0.39 is 5.82 Å². The summed E-state index contributed by atoms with van der Waals surface area (Å²) in [6, 6.07) is 7.78. The van der Waals surface area contributed by atoms with Gasteiger partial charge in [-0.15, -0.1) is 0 Å². The Morgan fingerprint density at radius 2 is 2.06 bits per heavy atom. The molecular formula is C12H8Cl2FNO. The van der Waals surface area contributed by atoms with E-state index in [0.29, 0.717) is 16.3 Å². The fourth-order valence-electron chi connectivity index (χ4n) is 1.27. The second-order valence-corrected chi connectivity index (χ2v) is 4.11. The van der Waals surface area contributed by atoms with Gasteiger partial charge in [0.2, 0.25) is 0 Å². The van der Waals surface area contributed by atoms with Crippen molar-refractivity contribution in [2.45, 2.75) is 6.61 Å². The first-order valence-electron chi connectivity index (χ1n) is 4.84. The van der Waals surface area contributed by atoms with Gasteiger partial charge in [0.15, 0.2) is 10.9 Å². The van der Waals surface area contributed by atoms with Crippen molar-refractivity contribution < 1.29 is 9.13 Å². The zero-order valence-electron chi connectivity index (χ0n) is 8.66. The Labute approximate surface area is 108 Å². The van der Waals surface area contributed by atoms with Crippen LogP contribution in [0.15, 0.2) is 36.5 Å². The Hall–Kier alpha value is -1.32. The SMILES string of the molecule is Fc1cc(Cl)ccc1COc1cccnc1Cl. The molecule has 0 amide bonds. The molecule has 0 aliphatic heterocycles. The van der Waals surface area contributed by atoms with Crippen LogP contribution in [0, 0.1) is 5.82 Å². The van der Waals surface area contributed by atoms with Gasteiger partial charge in [0.05, 0.1) is 0 Å². The van der Waals surface area contributed by atoms with Crippen molar-refractivity contribution >= 4 is 23.2 Å². The first-order valence-corrected chi connectivity index (χ1v) is 5.59. The molecule has 17 heavy (non-hydrogen) atoms. The number of nitrogens with zero attached hydrogens (tertiary/aromatic N) is 1. The Bertz CT molecular complexity index is 534. The normalized spacial score (nSPS) is 10.3. The molecule has 0 atom stereocenters. The average Bonchev–Trinajstić information content (AvgIpc) is 2.30. The molecule has 0 radical (unpaired) electrons. The third kappa shape index (κ3) is 3.08. The number of halogens is 3. The van der Waals surface area contributed by atoms with Gasteiger partial charge in [-0.1, -0.05) is 29.3 Å². The van der Waals surface area contributed by atoms with Crippen molar-refractivity contribution in [1.29, 1.82) is 0 Å². The summed E-state index contributed by atoms with van der Waals surface area (Å²) in [7, 11) is 0. The third-order valence-electron chi connectivity index (χ3n) is 2.12. The van der Waals surface area contributed by atoms with E-state index in [1.807, 2.05) is 0 Å². The summed E-state index contributed by atoms with van der Waals surface area (Å²) >= 11 is 11.5. The van der Waals surface area contributed by atoms with Crippen molar-refractivity contribution in [1.82, 2.24) is 4.98 Å². The van der Waals surface area contributed by atoms with E-state index in [-0.39, 0.29) is 11.8 Å². The summed E-state index contributed by atoms with van der Waals surface area (Å²) < 4.78 is 18.8. The second kappa shape index (κ2) is 5.34. The maximum absolute atomic E-state index is 13.4. The molecule has 0 N–H and O–H groups in total. The average molecular weight is 272 g/mol. The number of hydrogen-bond donors (Lipinski definition) is 0. The van der Waals surface area contributed by atoms with Crippen molar-refractivity contribution in [3.05, 3.63) is 58.1 Å². The molecule has 88 valence electrons. The van der Waals surface area contributed by atoms with Crippen LogP contribution in [0.25, 0.3) is 0 Å². The molecule has 5 heteroatoms. The molecular weight excluding hydrogens is 264 g/mol. The molecule has 0 saturated heterocycles. The first kappa shape index (κ1) is 12.1. The Morgan fingerprint density at radius 1 is 1.24 bits per heavy atom. The quantitative estimate of drug-likeness (QED) is 0.784. The smallest absolute Gasteiger partial charge is 0.171 e. The molecule has 0 aliphatic rings. The van der Waals surface area contributed by atoms with Gasteiger partial charge < -0.3 is 4.74 Å². The lowest BCUT2D eigenvalue weighted by Gasteiger charge is -2.08. The minimum absolute atomic E-state index is 0.0778. The van der Waals surface area contributed by atoms with E-state index >= 15 is 0 Å². The Balaban J connectivity index is 2.10. The molecule has 0 fully saturated rings. The number of ether oxygens (including phenoxy) is 1. The number of rotatable bonds is 3. The van der Waals surface area contributed by atoms with Crippen molar-refractivity contribution in [2.24, 2.45) is 0 Å². The molecule has 2 rings (SSSR count). The molecule has 2 aromatic rings. The lowest BCUT2D eigenvalue weighted by Crippen LogP contribution is -1.99. The van der Waals surface area contributed by atoms with Gasteiger partial charge in [0, 0.05) is 16.8 Å². The van der Waals surface area contributed by atoms with Crippen molar-refractivity contribution in [3.8, 4) is 5.75 Å². The van der Waals surface area contributed by atoms with E-state index in [9.17, 15) is 4.39 Å². The van der Waals surface area contributed by atoms with Crippen LogP contribution in [-0.2, 0) is 6.61 Å². The second-order valence-electron chi connectivity index (χ2n) is 3.32. The number of benzene rings is 1. The van der Waals surface area contributed by atoms with Crippen LogP contribution >= 0.6 is 23.2 Å². The van der Waals surface area contributed by atoms with Crippen molar-refractivity contribution in [2.75, 3.05) is 0 Å². The van der Waals surface area contributed by atoms with Crippen LogP contribution in [0.3, 0.4) is 0 Å². The topological polar surface area (TPSA) is 22.1 Å². The summed E-state index contributed by atoms with van der Waals surface area (Å²) in [5.74, 6) is 0.0148. The van der Waals surface area contributed by atoms with Crippen LogP contribution in [0.5, 0.6) is 5.75 Å². The van der Waals surface area contributed by atoms with E-state index in [4.69, 9.17) is 27.9 Å². The summed E-state index contributed by atoms with van der Waals surface area (Å²) in [4.78, 5) is 3.85. The fourth-order valence-corrected chi connectivity index (χ4v) is 1.61. The molecule has 0 aliphatic carbocycles. The van der Waals surface area contributed by atoms with E-state index in [1.54, 1.807) is 30.5 Å². The lowest BCUT2D eigenvalue weighted by molar-refractivity contribution is 0.299. The molecule has 2 nitrogen and oxygen atoms in total. The van der Waals surface area contributed by atoms with E-state index in [1.165, 1.54) is 6.07 Å². The largest absolute Gasteiger partial charge is 0.486 e. The van der Waals surface area contributed by atoms with Gasteiger partial charge in [-0.2, -0.15) is 0 Å². The Morgan fingerprint density at radius 3 is 2.76 bits per heavy atom. The van der Waals surface area contributed by atoms with Gasteiger partial charge in [0.25, 0.3) is 0 Å². The highest BCUT2D eigenvalue weighted by Gasteiger charge is 2.06. The Kier molecular flexibility index (Phi) is 3.82. The maximum atomic E-state index is 13.4. The summed E-state index contributed by atoms with van der Waals surface area (Å²) in [5, 5.41) is 0.604. The lowest BCUT2D eigenvalue weighted by atomic mass is 10.2. The van der Waals surface area contributed by atoms with Gasteiger partial charge in [0.1, 0.15) is 12.4 Å². The summed E-state index contributed by atoms with van der Waals surface area (Å²) in [5.41, 5.74) is 0.411. The first-order chi connectivity index (χ1) is 8.16. The summed E-state index contributed by atoms with van der Waals surface area (Å²) in [6.07, 6.45) is 1.55. The predicted molar refractivity (Wildman–Crippen MR) is 65.0 cm³/mol. The zero-order valence-corrected chi connectivity index (χ0v) is 10.2. The van der Waals surface area contributed by atoms with Crippen LogP contribution in [-0.4, -0.2) is 4.98 Å². The van der Waals surface area contributed by atoms with Gasteiger partial charge >= 0.3 is 0 Å². The monoisotopic (exact) mass is 271 g/mol. The zero-order chi connectivity index (χ0) is 12.3. The fraction of sp³-hybridized carbons (Fsp3) is 0.0833.